The molecule has 0 aliphatic heterocycles. The maximum atomic E-state index is 6.07. The zero-order chi connectivity index (χ0) is 14.8. The van der Waals surface area contributed by atoms with Gasteiger partial charge in [0, 0.05) is 10.6 Å². The third kappa shape index (κ3) is 3.17. The minimum absolute atomic E-state index is 0.549. The fourth-order valence-corrected chi connectivity index (χ4v) is 2.40. The molecule has 0 unspecified atom stereocenters. The van der Waals surface area contributed by atoms with Gasteiger partial charge in [-0.1, -0.05) is 35.3 Å². The summed E-state index contributed by atoms with van der Waals surface area (Å²) in [6.07, 6.45) is 1.62. The largest absolute Gasteiger partial charge is 0.323 e. The third-order valence-electron chi connectivity index (χ3n) is 2.97. The van der Waals surface area contributed by atoms with Gasteiger partial charge < -0.3 is 4.98 Å². The molecule has 0 spiro atoms. The van der Waals surface area contributed by atoms with E-state index in [0.717, 1.165) is 16.6 Å². The van der Waals surface area contributed by atoms with Gasteiger partial charge in [0.05, 0.1) is 22.3 Å². The first-order valence-corrected chi connectivity index (χ1v) is 7.08. The Morgan fingerprint density at radius 3 is 2.86 bits per heavy atom. The molecule has 2 aromatic carbocycles. The van der Waals surface area contributed by atoms with Crippen molar-refractivity contribution in [1.82, 2.24) is 9.97 Å². The molecule has 0 saturated carbocycles. The first-order valence-electron chi connectivity index (χ1n) is 6.32. The number of nitrogens with zero attached hydrogens (tertiary/aromatic N) is 2. The summed E-state index contributed by atoms with van der Waals surface area (Å²) >= 11 is 11.9. The van der Waals surface area contributed by atoms with Crippen LogP contribution in [0.5, 0.6) is 0 Å². The van der Waals surface area contributed by atoms with Crippen molar-refractivity contribution in [2.45, 2.75) is 6.92 Å². The van der Waals surface area contributed by atoms with Gasteiger partial charge in [0.2, 0.25) is 5.95 Å². The summed E-state index contributed by atoms with van der Waals surface area (Å²) in [5.74, 6) is 0.580. The Morgan fingerprint density at radius 1 is 1.19 bits per heavy atom. The van der Waals surface area contributed by atoms with E-state index in [2.05, 4.69) is 20.5 Å². The highest BCUT2D eigenvalue weighted by molar-refractivity contribution is 6.36. The normalized spacial score (nSPS) is 11.4. The number of benzene rings is 2. The molecular weight excluding hydrogens is 307 g/mol. The molecule has 4 nitrogen and oxygen atoms in total. The fraction of sp³-hybridized carbons (Fsp3) is 0.0667. The smallest absolute Gasteiger partial charge is 0.222 e. The van der Waals surface area contributed by atoms with E-state index in [1.807, 2.05) is 25.1 Å². The van der Waals surface area contributed by atoms with Gasteiger partial charge in [0.25, 0.3) is 0 Å². The predicted molar refractivity (Wildman–Crippen MR) is 88.5 cm³/mol. The molecule has 3 aromatic rings. The Labute approximate surface area is 131 Å². The Bertz CT molecular complexity index is 824. The summed E-state index contributed by atoms with van der Waals surface area (Å²) < 4.78 is 0. The van der Waals surface area contributed by atoms with Crippen LogP contribution in [0.1, 0.15) is 11.1 Å². The van der Waals surface area contributed by atoms with Gasteiger partial charge in [0.1, 0.15) is 0 Å². The van der Waals surface area contributed by atoms with Gasteiger partial charge in [-0.3, -0.25) is 0 Å². The van der Waals surface area contributed by atoms with Crippen molar-refractivity contribution >= 4 is 46.4 Å². The average Bonchev–Trinajstić information content (AvgIpc) is 2.83. The molecule has 0 bridgehead atoms. The molecular formula is C15H12Cl2N4. The number of rotatable bonds is 3. The number of H-pyrrole nitrogens is 1. The monoisotopic (exact) mass is 318 g/mol. The van der Waals surface area contributed by atoms with Gasteiger partial charge in [0.15, 0.2) is 0 Å². The molecule has 0 saturated heterocycles. The van der Waals surface area contributed by atoms with Crippen LogP contribution >= 0.6 is 23.2 Å². The molecule has 1 heterocycles. The van der Waals surface area contributed by atoms with E-state index >= 15 is 0 Å². The number of hydrogen-bond acceptors (Lipinski definition) is 3. The number of imidazole rings is 1. The van der Waals surface area contributed by atoms with Gasteiger partial charge in [-0.15, -0.1) is 0 Å². The second-order valence-corrected chi connectivity index (χ2v) is 5.49. The zero-order valence-corrected chi connectivity index (χ0v) is 12.7. The van der Waals surface area contributed by atoms with Crippen LogP contribution in [0, 0.1) is 6.92 Å². The number of hydrazone groups is 1. The summed E-state index contributed by atoms with van der Waals surface area (Å²) in [4.78, 5) is 7.54. The van der Waals surface area contributed by atoms with Crippen molar-refractivity contribution in [2.24, 2.45) is 5.10 Å². The second-order valence-electron chi connectivity index (χ2n) is 4.64. The number of aromatic amines is 1. The Kier molecular flexibility index (Phi) is 3.82. The first-order chi connectivity index (χ1) is 10.1. The maximum Gasteiger partial charge on any atom is 0.222 e. The zero-order valence-electron chi connectivity index (χ0n) is 11.2. The molecule has 0 aliphatic carbocycles. The summed E-state index contributed by atoms with van der Waals surface area (Å²) in [6, 6.07) is 11.3. The standard InChI is InChI=1S/C15H12Cl2N4/c1-9-2-5-13-14(6-9)20-15(19-13)21-18-8-10-3-4-11(16)7-12(10)17/h2-8H,1H3,(H2,19,20,21)/b18-8-. The van der Waals surface area contributed by atoms with Crippen LogP contribution < -0.4 is 5.43 Å². The summed E-state index contributed by atoms with van der Waals surface area (Å²) in [7, 11) is 0. The lowest BCUT2D eigenvalue weighted by Crippen LogP contribution is -1.92. The predicted octanol–water partition coefficient (Wildman–Crippen LogP) is 4.62. The molecule has 0 fully saturated rings. The maximum absolute atomic E-state index is 6.07. The highest BCUT2D eigenvalue weighted by Crippen LogP contribution is 2.19. The minimum atomic E-state index is 0.549. The molecule has 0 amide bonds. The van der Waals surface area contributed by atoms with E-state index in [1.165, 1.54) is 5.56 Å². The van der Waals surface area contributed by atoms with Crippen LogP contribution in [0.15, 0.2) is 41.5 Å². The molecule has 0 aliphatic rings. The quantitative estimate of drug-likeness (QED) is 0.546. The summed E-state index contributed by atoms with van der Waals surface area (Å²) in [6.45, 7) is 2.04. The first kappa shape index (κ1) is 13.9. The minimum Gasteiger partial charge on any atom is -0.323 e. The molecule has 1 aromatic heterocycles. The molecule has 106 valence electrons. The molecule has 0 radical (unpaired) electrons. The Morgan fingerprint density at radius 2 is 2.05 bits per heavy atom. The number of nitrogens with one attached hydrogen (secondary N) is 2. The van der Waals surface area contributed by atoms with Crippen molar-refractivity contribution in [1.29, 1.82) is 0 Å². The fourth-order valence-electron chi connectivity index (χ4n) is 1.95. The van der Waals surface area contributed by atoms with Crippen molar-refractivity contribution < 1.29 is 0 Å². The number of aromatic nitrogens is 2. The lowest BCUT2D eigenvalue weighted by atomic mass is 10.2. The molecule has 21 heavy (non-hydrogen) atoms. The van der Waals surface area contributed by atoms with Crippen LogP contribution in [0.25, 0.3) is 11.0 Å². The molecule has 0 atom stereocenters. The van der Waals surface area contributed by atoms with Gasteiger partial charge in [-0.25, -0.2) is 10.4 Å². The highest BCUT2D eigenvalue weighted by Gasteiger charge is 2.02. The van der Waals surface area contributed by atoms with E-state index < -0.39 is 0 Å². The number of anilines is 1. The average molecular weight is 319 g/mol. The van der Waals surface area contributed by atoms with Gasteiger partial charge >= 0.3 is 0 Å². The van der Waals surface area contributed by atoms with Crippen molar-refractivity contribution in [3.8, 4) is 0 Å². The summed E-state index contributed by atoms with van der Waals surface area (Å²) in [5, 5.41) is 5.27. The Balaban J connectivity index is 1.77. The van der Waals surface area contributed by atoms with Crippen molar-refractivity contribution in [2.75, 3.05) is 5.43 Å². The van der Waals surface area contributed by atoms with Crippen LogP contribution in [-0.4, -0.2) is 16.2 Å². The summed E-state index contributed by atoms with van der Waals surface area (Å²) in [5.41, 5.74) is 6.67. The van der Waals surface area contributed by atoms with E-state index in [1.54, 1.807) is 24.4 Å². The number of hydrogen-bond donors (Lipinski definition) is 2. The second kappa shape index (κ2) is 5.76. The highest BCUT2D eigenvalue weighted by atomic mass is 35.5. The number of aryl methyl sites for hydroxylation is 1. The van der Waals surface area contributed by atoms with Gasteiger partial charge in [-0.2, -0.15) is 5.10 Å². The topological polar surface area (TPSA) is 53.1 Å². The number of fused-ring (bicyclic) bond motifs is 1. The molecule has 6 heteroatoms. The van der Waals surface area contributed by atoms with E-state index in [0.29, 0.717) is 16.0 Å². The Hall–Kier alpha value is -2.04. The van der Waals surface area contributed by atoms with E-state index in [-0.39, 0.29) is 0 Å². The van der Waals surface area contributed by atoms with Crippen LogP contribution in [0.3, 0.4) is 0 Å². The lowest BCUT2D eigenvalue weighted by molar-refractivity contribution is 1.21. The van der Waals surface area contributed by atoms with Crippen molar-refractivity contribution in [3.63, 3.8) is 0 Å². The lowest BCUT2D eigenvalue weighted by Gasteiger charge is -1.98. The number of halogens is 2. The SMILES string of the molecule is Cc1ccc2nc(N/N=C\c3ccc(Cl)cc3Cl)[nH]c2c1. The van der Waals surface area contributed by atoms with Crippen LogP contribution in [0.4, 0.5) is 5.95 Å². The van der Waals surface area contributed by atoms with Crippen molar-refractivity contribution in [3.05, 3.63) is 57.6 Å². The third-order valence-corrected chi connectivity index (χ3v) is 3.54. The molecule has 2 N–H and O–H groups in total. The van der Waals surface area contributed by atoms with Gasteiger partial charge in [-0.05, 0) is 36.8 Å². The van der Waals surface area contributed by atoms with Crippen LogP contribution in [0.2, 0.25) is 10.0 Å². The van der Waals surface area contributed by atoms with Crippen LogP contribution in [-0.2, 0) is 0 Å². The van der Waals surface area contributed by atoms with E-state index in [9.17, 15) is 0 Å². The molecule has 3 rings (SSSR count). The van der Waals surface area contributed by atoms with E-state index in [4.69, 9.17) is 23.2 Å².